The van der Waals surface area contributed by atoms with Gasteiger partial charge in [-0.25, -0.2) is 0 Å². The van der Waals surface area contributed by atoms with Gasteiger partial charge in [0.05, 0.1) is 0 Å². The summed E-state index contributed by atoms with van der Waals surface area (Å²) < 4.78 is 6.30. The van der Waals surface area contributed by atoms with Gasteiger partial charge in [-0.15, -0.1) is 0 Å². The maximum absolute atomic E-state index is 6.32. The van der Waals surface area contributed by atoms with E-state index in [0.29, 0.717) is 18.4 Å². The van der Waals surface area contributed by atoms with Crippen molar-refractivity contribution in [3.63, 3.8) is 0 Å². The third kappa shape index (κ3) is 3.48. The maximum Gasteiger partial charge on any atom is 0.123 e. The van der Waals surface area contributed by atoms with Crippen LogP contribution < -0.4 is 10.5 Å². The van der Waals surface area contributed by atoms with Gasteiger partial charge in [0.1, 0.15) is 11.9 Å². The van der Waals surface area contributed by atoms with Gasteiger partial charge in [0.2, 0.25) is 0 Å². The molecule has 0 amide bonds. The molecule has 0 heterocycles. The summed E-state index contributed by atoms with van der Waals surface area (Å²) >= 11 is 6.32. The Balaban J connectivity index is 2.21. The van der Waals surface area contributed by atoms with Gasteiger partial charge in [-0.05, 0) is 61.9 Å². The van der Waals surface area contributed by atoms with Crippen LogP contribution in [0.4, 0.5) is 0 Å². The Morgan fingerprint density at radius 2 is 2.00 bits per heavy atom. The Kier molecular flexibility index (Phi) is 5.34. The molecule has 0 spiro atoms. The van der Waals surface area contributed by atoms with Crippen LogP contribution in [0.5, 0.6) is 5.75 Å². The topological polar surface area (TPSA) is 35.2 Å². The summed E-state index contributed by atoms with van der Waals surface area (Å²) in [5, 5.41) is 0.837. The van der Waals surface area contributed by atoms with E-state index >= 15 is 0 Å². The molecular formula is C17H26ClNO. The first-order chi connectivity index (χ1) is 9.52. The van der Waals surface area contributed by atoms with E-state index < -0.39 is 0 Å². The molecule has 112 valence electrons. The Hall–Kier alpha value is -0.730. The largest absolute Gasteiger partial charge is 0.490 e. The first-order valence-corrected chi connectivity index (χ1v) is 8.07. The Morgan fingerprint density at radius 3 is 2.65 bits per heavy atom. The van der Waals surface area contributed by atoms with Gasteiger partial charge in [-0.2, -0.15) is 0 Å². The van der Waals surface area contributed by atoms with Crippen LogP contribution in [0.15, 0.2) is 12.1 Å². The van der Waals surface area contributed by atoms with Gasteiger partial charge in [0, 0.05) is 10.9 Å². The molecule has 1 aliphatic carbocycles. The Bertz CT molecular complexity index is 459. The second-order valence-corrected chi connectivity index (χ2v) is 6.64. The highest BCUT2D eigenvalue weighted by Gasteiger charge is 2.26. The number of hydrogen-bond acceptors (Lipinski definition) is 2. The van der Waals surface area contributed by atoms with Crippen LogP contribution in [0, 0.1) is 12.8 Å². The molecule has 0 bridgehead atoms. The number of nitrogens with two attached hydrogens (primary N) is 1. The van der Waals surface area contributed by atoms with E-state index in [2.05, 4.69) is 26.8 Å². The first kappa shape index (κ1) is 15.7. The lowest BCUT2D eigenvalue weighted by atomic mass is 9.86. The third-order valence-corrected chi connectivity index (χ3v) is 4.66. The molecule has 20 heavy (non-hydrogen) atoms. The number of halogens is 1. The van der Waals surface area contributed by atoms with Crippen molar-refractivity contribution in [3.05, 3.63) is 28.3 Å². The smallest absolute Gasteiger partial charge is 0.123 e. The standard InChI is InChI=1S/C17H26ClNO/c1-11(2)14-9-17(12(3)8-15(14)18)20-16-7-5-4-6-13(16)10-19/h8-9,11,13,16H,4-7,10,19H2,1-3H3. The summed E-state index contributed by atoms with van der Waals surface area (Å²) in [7, 11) is 0. The van der Waals surface area contributed by atoms with Gasteiger partial charge in [-0.3, -0.25) is 0 Å². The fourth-order valence-electron chi connectivity index (χ4n) is 3.00. The highest BCUT2D eigenvalue weighted by molar-refractivity contribution is 6.31. The SMILES string of the molecule is Cc1cc(Cl)c(C(C)C)cc1OC1CCCCC1CN. The van der Waals surface area contributed by atoms with E-state index in [1.165, 1.54) is 19.3 Å². The van der Waals surface area contributed by atoms with Crippen LogP contribution in [0.25, 0.3) is 0 Å². The van der Waals surface area contributed by atoms with Crippen molar-refractivity contribution < 1.29 is 4.74 Å². The van der Waals surface area contributed by atoms with E-state index in [1.54, 1.807) is 0 Å². The Morgan fingerprint density at radius 1 is 1.30 bits per heavy atom. The molecule has 2 unspecified atom stereocenters. The summed E-state index contributed by atoms with van der Waals surface area (Å²) in [6.07, 6.45) is 5.07. The van der Waals surface area contributed by atoms with Crippen LogP contribution >= 0.6 is 11.6 Å². The van der Waals surface area contributed by atoms with Crippen molar-refractivity contribution in [3.8, 4) is 5.75 Å². The molecular weight excluding hydrogens is 270 g/mol. The first-order valence-electron chi connectivity index (χ1n) is 7.69. The van der Waals surface area contributed by atoms with E-state index in [-0.39, 0.29) is 6.10 Å². The number of ether oxygens (including phenoxy) is 1. The number of rotatable bonds is 4. The molecule has 1 aromatic rings. The zero-order chi connectivity index (χ0) is 14.7. The van der Waals surface area contributed by atoms with Crippen LogP contribution in [-0.4, -0.2) is 12.6 Å². The minimum absolute atomic E-state index is 0.258. The van der Waals surface area contributed by atoms with Crippen LogP contribution in [-0.2, 0) is 0 Å². The van der Waals surface area contributed by atoms with Crippen molar-refractivity contribution in [1.29, 1.82) is 0 Å². The van der Waals surface area contributed by atoms with Crippen molar-refractivity contribution in [1.82, 2.24) is 0 Å². The van der Waals surface area contributed by atoms with E-state index in [1.807, 2.05) is 6.07 Å². The highest BCUT2D eigenvalue weighted by atomic mass is 35.5. The molecule has 1 saturated carbocycles. The van der Waals surface area contributed by atoms with Gasteiger partial charge in [-0.1, -0.05) is 31.9 Å². The van der Waals surface area contributed by atoms with Crippen molar-refractivity contribution in [2.75, 3.05) is 6.54 Å². The van der Waals surface area contributed by atoms with Crippen LogP contribution in [0.3, 0.4) is 0 Å². The molecule has 0 aliphatic heterocycles. The maximum atomic E-state index is 6.32. The molecule has 1 aromatic carbocycles. The molecule has 2 rings (SSSR count). The van der Waals surface area contributed by atoms with Crippen molar-refractivity contribution in [2.24, 2.45) is 11.7 Å². The average molecular weight is 296 g/mol. The van der Waals surface area contributed by atoms with Crippen LogP contribution in [0.2, 0.25) is 5.02 Å². The Labute approximate surface area is 127 Å². The van der Waals surface area contributed by atoms with Gasteiger partial charge >= 0.3 is 0 Å². The minimum Gasteiger partial charge on any atom is -0.490 e. The monoisotopic (exact) mass is 295 g/mol. The summed E-state index contributed by atoms with van der Waals surface area (Å²) in [4.78, 5) is 0. The molecule has 0 saturated heterocycles. The lowest BCUT2D eigenvalue weighted by molar-refractivity contribution is 0.0962. The second-order valence-electron chi connectivity index (χ2n) is 6.23. The van der Waals surface area contributed by atoms with E-state index in [4.69, 9.17) is 22.1 Å². The fraction of sp³-hybridized carbons (Fsp3) is 0.647. The van der Waals surface area contributed by atoms with Crippen molar-refractivity contribution in [2.45, 2.75) is 58.5 Å². The highest BCUT2D eigenvalue weighted by Crippen LogP contribution is 2.34. The molecule has 2 atom stereocenters. The summed E-state index contributed by atoms with van der Waals surface area (Å²) in [5.41, 5.74) is 8.16. The number of hydrogen-bond donors (Lipinski definition) is 1. The zero-order valence-corrected chi connectivity index (χ0v) is 13.5. The van der Waals surface area contributed by atoms with E-state index in [9.17, 15) is 0 Å². The zero-order valence-electron chi connectivity index (χ0n) is 12.8. The molecule has 1 aliphatic rings. The summed E-state index contributed by atoms with van der Waals surface area (Å²) in [5.74, 6) is 1.87. The van der Waals surface area contributed by atoms with Gasteiger partial charge < -0.3 is 10.5 Å². The quantitative estimate of drug-likeness (QED) is 0.876. The lowest BCUT2D eigenvalue weighted by Crippen LogP contribution is -2.35. The molecule has 0 radical (unpaired) electrons. The molecule has 2 N–H and O–H groups in total. The third-order valence-electron chi connectivity index (χ3n) is 4.34. The predicted molar refractivity (Wildman–Crippen MR) is 85.7 cm³/mol. The van der Waals surface area contributed by atoms with E-state index in [0.717, 1.165) is 28.3 Å². The summed E-state index contributed by atoms with van der Waals surface area (Å²) in [6, 6.07) is 4.14. The normalized spacial score (nSPS) is 23.1. The molecule has 2 nitrogen and oxygen atoms in total. The lowest BCUT2D eigenvalue weighted by Gasteiger charge is -2.31. The minimum atomic E-state index is 0.258. The number of benzene rings is 1. The predicted octanol–water partition coefficient (Wildman–Crippen LogP) is 4.67. The average Bonchev–Trinajstić information content (AvgIpc) is 2.42. The fourth-order valence-corrected chi connectivity index (χ4v) is 3.44. The molecule has 0 aromatic heterocycles. The van der Waals surface area contributed by atoms with Gasteiger partial charge in [0.25, 0.3) is 0 Å². The molecule has 1 fully saturated rings. The van der Waals surface area contributed by atoms with Gasteiger partial charge in [0.15, 0.2) is 0 Å². The van der Waals surface area contributed by atoms with Crippen molar-refractivity contribution >= 4 is 11.6 Å². The molecule has 3 heteroatoms. The van der Waals surface area contributed by atoms with Crippen LogP contribution in [0.1, 0.15) is 56.6 Å². The number of aryl methyl sites for hydroxylation is 1. The summed E-state index contributed by atoms with van der Waals surface area (Å²) in [6.45, 7) is 7.09. The second kappa shape index (κ2) is 6.82.